The van der Waals surface area contributed by atoms with Crippen molar-refractivity contribution in [2.45, 2.75) is 72.7 Å². The van der Waals surface area contributed by atoms with Crippen LogP contribution in [0.3, 0.4) is 0 Å². The highest BCUT2D eigenvalue weighted by molar-refractivity contribution is 7.92. The molecule has 0 spiro atoms. The smallest absolute Gasteiger partial charge is 0.302 e. The van der Waals surface area contributed by atoms with Crippen LogP contribution in [0.25, 0.3) is 0 Å². The van der Waals surface area contributed by atoms with Crippen molar-refractivity contribution >= 4 is 15.8 Å². The van der Waals surface area contributed by atoms with Crippen LogP contribution >= 0.6 is 0 Å². The Hall–Kier alpha value is -1.68. The van der Waals surface area contributed by atoms with Gasteiger partial charge >= 0.3 is 5.97 Å². The van der Waals surface area contributed by atoms with Crippen LogP contribution in [0.4, 0.5) is 0 Å². The zero-order valence-corrected chi connectivity index (χ0v) is 18.5. The van der Waals surface area contributed by atoms with Gasteiger partial charge in [-0.15, -0.1) is 0 Å². The summed E-state index contributed by atoms with van der Waals surface area (Å²) in [7, 11) is -4.13. The minimum absolute atomic E-state index is 0.0576. The Morgan fingerprint density at radius 2 is 1.70 bits per heavy atom. The molecule has 13 heteroatoms. The molecule has 2 fully saturated rings. The van der Waals surface area contributed by atoms with Crippen molar-refractivity contribution < 1.29 is 57.7 Å². The number of carbonyl (C=O) groups excluding carboxylic acids is 1. The van der Waals surface area contributed by atoms with Gasteiger partial charge in [-0.25, -0.2) is 8.42 Å². The maximum atomic E-state index is 13.4. The Morgan fingerprint density at radius 1 is 1.03 bits per heavy atom. The lowest BCUT2D eigenvalue weighted by Gasteiger charge is -2.45. The Labute approximate surface area is 190 Å². The minimum atomic E-state index is -4.13. The normalized spacial score (nSPS) is 37.5. The molecule has 0 aromatic heterocycles. The fourth-order valence-corrected chi connectivity index (χ4v) is 5.74. The van der Waals surface area contributed by atoms with E-state index < -0.39 is 89.9 Å². The zero-order valence-electron chi connectivity index (χ0n) is 17.7. The van der Waals surface area contributed by atoms with Crippen LogP contribution in [0, 0.1) is 0 Å². The van der Waals surface area contributed by atoms with Gasteiger partial charge in [0.25, 0.3) is 0 Å². The third-order valence-electron chi connectivity index (χ3n) is 5.56. The highest BCUT2D eigenvalue weighted by Gasteiger charge is 2.51. The molecule has 5 N–H and O–H groups in total. The fourth-order valence-electron chi connectivity index (χ4n) is 3.84. The van der Waals surface area contributed by atoms with Crippen LogP contribution in [0.2, 0.25) is 0 Å². The molecule has 1 aromatic carbocycles. The van der Waals surface area contributed by atoms with Crippen LogP contribution in [0.5, 0.6) is 0 Å². The van der Waals surface area contributed by atoms with E-state index in [9.17, 15) is 38.7 Å². The molecule has 2 aliphatic heterocycles. The number of rotatable bonds is 7. The average Bonchev–Trinajstić information content (AvgIpc) is 2.79. The van der Waals surface area contributed by atoms with Crippen molar-refractivity contribution in [2.75, 3.05) is 13.2 Å². The minimum Gasteiger partial charge on any atom is -0.463 e. The Bertz CT molecular complexity index is 892. The zero-order chi connectivity index (χ0) is 24.3. The maximum Gasteiger partial charge on any atom is 0.302 e. The van der Waals surface area contributed by atoms with Gasteiger partial charge in [0.05, 0.1) is 16.8 Å². The number of aliphatic hydroxyl groups is 5. The number of benzene rings is 1. The number of carbonyl (C=O) groups is 1. The van der Waals surface area contributed by atoms with Crippen molar-refractivity contribution in [3.05, 3.63) is 30.3 Å². The van der Waals surface area contributed by atoms with E-state index in [-0.39, 0.29) is 4.90 Å². The van der Waals surface area contributed by atoms with Crippen molar-refractivity contribution in [1.29, 1.82) is 0 Å². The summed E-state index contributed by atoms with van der Waals surface area (Å²) in [5.74, 6) is -0.687. The summed E-state index contributed by atoms with van der Waals surface area (Å²) >= 11 is 0. The standard InChI is InChI=1S/C20H28O12S/c1-10(22)29-9-13-19(32-20-18(26)17(25)16(24)12(8-21)31-20)14(7-15(23)30-13)33(27,28)11-5-3-2-4-6-11/h2-6,12-21,23-26H,7-9H2,1H3/t12-,13-,14+,15?,16+,17+,18-,19-,20+/m1/s1. The van der Waals surface area contributed by atoms with Gasteiger partial charge in [0.15, 0.2) is 22.4 Å². The van der Waals surface area contributed by atoms with Gasteiger partial charge in [0.2, 0.25) is 0 Å². The number of aliphatic hydroxyl groups excluding tert-OH is 5. The highest BCUT2D eigenvalue weighted by Crippen LogP contribution is 2.34. The maximum absolute atomic E-state index is 13.4. The summed E-state index contributed by atoms with van der Waals surface area (Å²) in [6.45, 7) is -0.0620. The molecule has 2 aliphatic rings. The molecule has 3 rings (SSSR count). The molecule has 0 amide bonds. The van der Waals surface area contributed by atoms with E-state index in [1.165, 1.54) is 24.3 Å². The topological polar surface area (TPSA) is 189 Å². The monoisotopic (exact) mass is 492 g/mol. The summed E-state index contributed by atoms with van der Waals surface area (Å²) < 4.78 is 48.2. The largest absolute Gasteiger partial charge is 0.463 e. The lowest BCUT2D eigenvalue weighted by molar-refractivity contribution is -0.329. The van der Waals surface area contributed by atoms with Gasteiger partial charge in [-0.3, -0.25) is 4.79 Å². The third kappa shape index (κ3) is 5.70. The number of sulfone groups is 1. The Kier molecular flexibility index (Phi) is 8.42. The molecule has 0 bridgehead atoms. The van der Waals surface area contributed by atoms with E-state index in [1.54, 1.807) is 6.07 Å². The molecular formula is C20H28O12S. The highest BCUT2D eigenvalue weighted by atomic mass is 32.2. The SMILES string of the molecule is CC(=O)OC[C@H]1OC(O)C[C@H](S(=O)(=O)c2ccccc2)[C@@H]1O[C@@H]1O[C@H](CO)[C@H](O)[C@H](O)[C@H]1O. The van der Waals surface area contributed by atoms with Gasteiger partial charge in [-0.2, -0.15) is 0 Å². The van der Waals surface area contributed by atoms with E-state index in [0.29, 0.717) is 0 Å². The fraction of sp³-hybridized carbons (Fsp3) is 0.650. The first-order valence-corrected chi connectivity index (χ1v) is 11.8. The molecule has 0 saturated carbocycles. The first-order valence-electron chi connectivity index (χ1n) is 10.3. The summed E-state index contributed by atoms with van der Waals surface area (Å²) in [5.41, 5.74) is 0. The number of hydrogen-bond donors (Lipinski definition) is 5. The van der Waals surface area contributed by atoms with Crippen molar-refractivity contribution in [2.24, 2.45) is 0 Å². The summed E-state index contributed by atoms with van der Waals surface area (Å²) in [6.07, 6.45) is -12.8. The summed E-state index contributed by atoms with van der Waals surface area (Å²) in [6, 6.07) is 7.40. The summed E-state index contributed by atoms with van der Waals surface area (Å²) in [5, 5.41) is 48.6. The van der Waals surface area contributed by atoms with E-state index >= 15 is 0 Å². The molecule has 1 unspecified atom stereocenters. The second-order valence-corrected chi connectivity index (χ2v) is 10.0. The lowest BCUT2D eigenvalue weighted by Crippen LogP contribution is -2.62. The van der Waals surface area contributed by atoms with Gasteiger partial charge in [-0.1, -0.05) is 18.2 Å². The molecule has 33 heavy (non-hydrogen) atoms. The van der Waals surface area contributed by atoms with Crippen molar-refractivity contribution in [1.82, 2.24) is 0 Å². The number of ether oxygens (including phenoxy) is 4. The average molecular weight is 492 g/mol. The van der Waals surface area contributed by atoms with Crippen molar-refractivity contribution in [3.63, 3.8) is 0 Å². The first kappa shape index (κ1) is 25.9. The van der Waals surface area contributed by atoms with Gasteiger partial charge in [0, 0.05) is 13.3 Å². The van der Waals surface area contributed by atoms with Crippen molar-refractivity contribution in [3.8, 4) is 0 Å². The molecular weight excluding hydrogens is 464 g/mol. The molecule has 0 aliphatic carbocycles. The van der Waals surface area contributed by atoms with Crippen LogP contribution in [0.1, 0.15) is 13.3 Å². The molecule has 0 radical (unpaired) electrons. The number of hydrogen-bond acceptors (Lipinski definition) is 12. The van der Waals surface area contributed by atoms with Gasteiger partial charge < -0.3 is 44.5 Å². The van der Waals surface area contributed by atoms with E-state index in [2.05, 4.69) is 0 Å². The molecule has 2 saturated heterocycles. The molecule has 12 nitrogen and oxygen atoms in total. The van der Waals surface area contributed by atoms with Crippen LogP contribution in [0.15, 0.2) is 35.2 Å². The summed E-state index contributed by atoms with van der Waals surface area (Å²) in [4.78, 5) is 11.3. The predicted molar refractivity (Wildman–Crippen MR) is 108 cm³/mol. The molecule has 1 aromatic rings. The molecule has 9 atom stereocenters. The predicted octanol–water partition coefficient (Wildman–Crippen LogP) is -2.32. The van der Waals surface area contributed by atoms with Gasteiger partial charge in [-0.05, 0) is 12.1 Å². The Morgan fingerprint density at radius 3 is 2.30 bits per heavy atom. The first-order chi connectivity index (χ1) is 15.6. The van der Waals surface area contributed by atoms with Crippen LogP contribution in [-0.2, 0) is 33.6 Å². The third-order valence-corrected chi connectivity index (χ3v) is 7.75. The van der Waals surface area contributed by atoms with E-state index in [0.717, 1.165) is 6.92 Å². The second-order valence-electron chi connectivity index (χ2n) is 7.86. The molecule has 186 valence electrons. The van der Waals surface area contributed by atoms with Crippen LogP contribution < -0.4 is 0 Å². The molecule has 2 heterocycles. The second kappa shape index (κ2) is 10.7. The quantitative estimate of drug-likeness (QED) is 0.256. The van der Waals surface area contributed by atoms with E-state index in [4.69, 9.17) is 18.9 Å². The van der Waals surface area contributed by atoms with Crippen LogP contribution in [-0.4, -0.2) is 108 Å². The Balaban J connectivity index is 1.95. The number of esters is 1. The lowest BCUT2D eigenvalue weighted by atomic mass is 9.98. The van der Waals surface area contributed by atoms with E-state index in [1.807, 2.05) is 0 Å². The van der Waals surface area contributed by atoms with Gasteiger partial charge in [0.1, 0.15) is 43.2 Å².